The highest BCUT2D eigenvalue weighted by Crippen LogP contribution is 2.04. The van der Waals surface area contributed by atoms with Crippen molar-refractivity contribution in [3.8, 4) is 0 Å². The lowest BCUT2D eigenvalue weighted by Crippen LogP contribution is -2.37. The maximum absolute atomic E-state index is 11.7. The van der Waals surface area contributed by atoms with Crippen molar-refractivity contribution in [1.29, 1.82) is 0 Å². The van der Waals surface area contributed by atoms with Crippen LogP contribution in [0, 0.1) is 5.92 Å². The Balaban J connectivity index is 4.16. The average Bonchev–Trinajstić information content (AvgIpc) is 2.31. The number of carboxylic acid groups (broad SMARTS) is 1. The minimum Gasteiger partial charge on any atom is -0.481 e. The smallest absolute Gasteiger partial charge is 0.308 e. The van der Waals surface area contributed by atoms with Crippen molar-refractivity contribution in [3.05, 3.63) is 0 Å². The summed E-state index contributed by atoms with van der Waals surface area (Å²) in [6, 6.07) is 0. The van der Waals surface area contributed by atoms with Crippen molar-refractivity contribution in [2.45, 2.75) is 46.6 Å². The molecule has 0 aromatic carbocycles. The molecule has 0 radical (unpaired) electrons. The molecule has 5 heteroatoms. The van der Waals surface area contributed by atoms with Crippen LogP contribution < -0.4 is 0 Å². The van der Waals surface area contributed by atoms with Crippen LogP contribution in [-0.4, -0.2) is 47.7 Å². The third-order valence-electron chi connectivity index (χ3n) is 2.59. The summed E-state index contributed by atoms with van der Waals surface area (Å²) in [5.41, 5.74) is 0. The predicted molar refractivity (Wildman–Crippen MR) is 69.4 cm³/mol. The Bertz CT molecular complexity index is 266. The van der Waals surface area contributed by atoms with Gasteiger partial charge in [-0.2, -0.15) is 0 Å². The summed E-state index contributed by atoms with van der Waals surface area (Å²) < 4.78 is 5.40. The summed E-state index contributed by atoms with van der Waals surface area (Å²) in [6.45, 7) is 8.73. The Morgan fingerprint density at radius 3 is 2.33 bits per heavy atom. The fraction of sp³-hybridized carbons (Fsp3) is 0.846. The zero-order valence-corrected chi connectivity index (χ0v) is 11.8. The summed E-state index contributed by atoms with van der Waals surface area (Å²) in [5.74, 6) is -1.42. The normalized spacial score (nSPS) is 12.5. The second-order valence-electron chi connectivity index (χ2n) is 4.71. The molecule has 0 aromatic rings. The maximum atomic E-state index is 11.7. The molecule has 1 amide bonds. The quantitative estimate of drug-likeness (QED) is 0.641. The molecule has 5 nitrogen and oxygen atoms in total. The maximum Gasteiger partial charge on any atom is 0.308 e. The summed E-state index contributed by atoms with van der Waals surface area (Å²) in [6.07, 6.45) is 1.31. The van der Waals surface area contributed by atoms with Crippen molar-refractivity contribution in [2.75, 3.05) is 19.7 Å². The minimum atomic E-state index is -0.873. The van der Waals surface area contributed by atoms with Crippen molar-refractivity contribution in [1.82, 2.24) is 4.90 Å². The Kier molecular flexibility index (Phi) is 8.37. The topological polar surface area (TPSA) is 66.8 Å². The van der Waals surface area contributed by atoms with E-state index in [0.29, 0.717) is 19.6 Å². The lowest BCUT2D eigenvalue weighted by molar-refractivity contribution is -0.143. The standard InChI is InChI=1S/C13H25NO4/c1-5-12(15)14(9-11(4)13(16)17)7-6-8-18-10(2)3/h10-11H,5-9H2,1-4H3,(H,16,17). The molecule has 106 valence electrons. The van der Waals surface area contributed by atoms with Crippen LogP contribution in [0.2, 0.25) is 0 Å². The van der Waals surface area contributed by atoms with Gasteiger partial charge in [-0.05, 0) is 20.3 Å². The first kappa shape index (κ1) is 16.9. The van der Waals surface area contributed by atoms with E-state index in [-0.39, 0.29) is 18.6 Å². The van der Waals surface area contributed by atoms with Gasteiger partial charge in [-0.15, -0.1) is 0 Å². The molecule has 0 saturated heterocycles. The second-order valence-corrected chi connectivity index (χ2v) is 4.71. The molecule has 0 aliphatic carbocycles. The molecule has 0 heterocycles. The van der Waals surface area contributed by atoms with Gasteiger partial charge in [-0.3, -0.25) is 9.59 Å². The molecule has 1 unspecified atom stereocenters. The van der Waals surface area contributed by atoms with Crippen LogP contribution in [0.25, 0.3) is 0 Å². The Hall–Kier alpha value is -1.10. The number of hydrogen-bond donors (Lipinski definition) is 1. The predicted octanol–water partition coefficient (Wildman–Crippen LogP) is 1.76. The fourth-order valence-electron chi connectivity index (χ4n) is 1.52. The van der Waals surface area contributed by atoms with Crippen LogP contribution in [0.1, 0.15) is 40.5 Å². The van der Waals surface area contributed by atoms with Crippen molar-refractivity contribution < 1.29 is 19.4 Å². The first-order chi connectivity index (χ1) is 8.38. The lowest BCUT2D eigenvalue weighted by Gasteiger charge is -2.24. The van der Waals surface area contributed by atoms with E-state index < -0.39 is 11.9 Å². The number of hydrogen-bond acceptors (Lipinski definition) is 3. The fourth-order valence-corrected chi connectivity index (χ4v) is 1.52. The summed E-state index contributed by atoms with van der Waals surface area (Å²) in [4.78, 5) is 24.1. The first-order valence-electron chi connectivity index (χ1n) is 6.50. The number of carbonyl (C=O) groups is 2. The zero-order valence-electron chi connectivity index (χ0n) is 11.8. The van der Waals surface area contributed by atoms with E-state index >= 15 is 0 Å². The van der Waals surface area contributed by atoms with Crippen LogP contribution in [0.3, 0.4) is 0 Å². The van der Waals surface area contributed by atoms with Gasteiger partial charge in [0.25, 0.3) is 0 Å². The number of nitrogens with zero attached hydrogens (tertiary/aromatic N) is 1. The molecule has 1 atom stereocenters. The molecule has 0 spiro atoms. The van der Waals surface area contributed by atoms with E-state index in [1.165, 1.54) is 0 Å². The van der Waals surface area contributed by atoms with Gasteiger partial charge in [-0.1, -0.05) is 13.8 Å². The van der Waals surface area contributed by atoms with Crippen molar-refractivity contribution in [3.63, 3.8) is 0 Å². The molecule has 0 saturated carbocycles. The monoisotopic (exact) mass is 259 g/mol. The Morgan fingerprint density at radius 2 is 1.89 bits per heavy atom. The number of carboxylic acids is 1. The highest BCUT2D eigenvalue weighted by atomic mass is 16.5. The summed E-state index contributed by atoms with van der Waals surface area (Å²) in [5, 5.41) is 8.87. The SMILES string of the molecule is CCC(=O)N(CCCOC(C)C)CC(C)C(=O)O. The number of amides is 1. The van der Waals surface area contributed by atoms with Gasteiger partial charge in [0, 0.05) is 26.1 Å². The Morgan fingerprint density at radius 1 is 1.28 bits per heavy atom. The molecule has 1 N–H and O–H groups in total. The lowest BCUT2D eigenvalue weighted by atomic mass is 10.1. The Labute approximate surface area is 109 Å². The highest BCUT2D eigenvalue weighted by molar-refractivity contribution is 5.77. The largest absolute Gasteiger partial charge is 0.481 e. The van der Waals surface area contributed by atoms with Crippen LogP contribution >= 0.6 is 0 Å². The zero-order chi connectivity index (χ0) is 14.1. The molecule has 0 rings (SSSR count). The van der Waals surface area contributed by atoms with Crippen LogP contribution in [0.5, 0.6) is 0 Å². The molecule has 0 aromatic heterocycles. The molecule has 18 heavy (non-hydrogen) atoms. The van der Waals surface area contributed by atoms with E-state index in [9.17, 15) is 9.59 Å². The molecule has 0 aliphatic heterocycles. The molecule has 0 aliphatic rings. The highest BCUT2D eigenvalue weighted by Gasteiger charge is 2.19. The summed E-state index contributed by atoms with van der Waals surface area (Å²) >= 11 is 0. The molecular weight excluding hydrogens is 234 g/mol. The van der Waals surface area contributed by atoms with Gasteiger partial charge in [0.2, 0.25) is 5.91 Å². The van der Waals surface area contributed by atoms with Gasteiger partial charge in [0.05, 0.1) is 12.0 Å². The second kappa shape index (κ2) is 8.91. The van der Waals surface area contributed by atoms with E-state index in [1.54, 1.807) is 18.7 Å². The van der Waals surface area contributed by atoms with Crippen LogP contribution in [0.15, 0.2) is 0 Å². The van der Waals surface area contributed by atoms with Gasteiger partial charge in [0.1, 0.15) is 0 Å². The van der Waals surface area contributed by atoms with E-state index in [2.05, 4.69) is 0 Å². The van der Waals surface area contributed by atoms with E-state index in [4.69, 9.17) is 9.84 Å². The van der Waals surface area contributed by atoms with Gasteiger partial charge in [0.15, 0.2) is 0 Å². The molecule has 0 fully saturated rings. The molecular formula is C13H25NO4. The van der Waals surface area contributed by atoms with Crippen molar-refractivity contribution in [2.24, 2.45) is 5.92 Å². The average molecular weight is 259 g/mol. The van der Waals surface area contributed by atoms with Crippen LogP contribution in [0.4, 0.5) is 0 Å². The third-order valence-corrected chi connectivity index (χ3v) is 2.59. The van der Waals surface area contributed by atoms with Crippen molar-refractivity contribution >= 4 is 11.9 Å². The number of carbonyl (C=O) groups excluding carboxylic acids is 1. The first-order valence-corrected chi connectivity index (χ1v) is 6.50. The molecule has 0 bridgehead atoms. The van der Waals surface area contributed by atoms with E-state index in [1.807, 2.05) is 13.8 Å². The van der Waals surface area contributed by atoms with Gasteiger partial charge >= 0.3 is 5.97 Å². The van der Waals surface area contributed by atoms with Gasteiger partial charge in [-0.25, -0.2) is 0 Å². The summed E-state index contributed by atoms with van der Waals surface area (Å²) in [7, 11) is 0. The third kappa shape index (κ3) is 7.27. The number of rotatable bonds is 9. The minimum absolute atomic E-state index is 0.00681. The van der Waals surface area contributed by atoms with Crippen LogP contribution in [-0.2, 0) is 14.3 Å². The van der Waals surface area contributed by atoms with E-state index in [0.717, 1.165) is 6.42 Å². The van der Waals surface area contributed by atoms with Gasteiger partial charge < -0.3 is 14.7 Å². The number of ether oxygens (including phenoxy) is 1. The number of aliphatic carboxylic acids is 1.